The summed E-state index contributed by atoms with van der Waals surface area (Å²) in [4.78, 5) is 0. The Bertz CT molecular complexity index is 992. The lowest BCUT2D eigenvalue weighted by Crippen LogP contribution is -2.07. The van der Waals surface area contributed by atoms with Crippen LogP contribution in [0.3, 0.4) is 0 Å². The van der Waals surface area contributed by atoms with E-state index in [1.165, 1.54) is 10.1 Å². The first-order valence-corrected chi connectivity index (χ1v) is 9.48. The number of hydrogen-bond donors (Lipinski definition) is 2. The molecular weight excluding hydrogens is 369 g/mol. The molecule has 5 heteroatoms. The zero-order valence-corrected chi connectivity index (χ0v) is 15.4. The number of hydrogen-bond acceptors (Lipinski definition) is 2. The van der Waals surface area contributed by atoms with Crippen molar-refractivity contribution in [1.29, 1.82) is 0 Å². The van der Waals surface area contributed by atoms with Crippen LogP contribution in [-0.2, 0) is 0 Å². The van der Waals surface area contributed by atoms with E-state index in [4.69, 9.17) is 23.2 Å². The molecule has 0 aliphatic heterocycles. The zero-order chi connectivity index (χ0) is 18.0. The van der Waals surface area contributed by atoms with Crippen molar-refractivity contribution in [2.24, 2.45) is 0 Å². The van der Waals surface area contributed by atoms with Crippen molar-refractivity contribution >= 4 is 23.2 Å². The molecule has 3 atom stereocenters. The average Bonchev–Trinajstić information content (AvgIpc) is 3.26. The Kier molecular flexibility index (Phi) is 3.53. The number of rotatable bonds is 2. The number of fused-ring (bicyclic) bond motifs is 5. The van der Waals surface area contributed by atoms with Crippen LogP contribution in [0, 0.1) is 0 Å². The van der Waals surface area contributed by atoms with Gasteiger partial charge in [-0.05, 0) is 54.4 Å². The summed E-state index contributed by atoms with van der Waals surface area (Å²) in [6.07, 6.45) is 1.97. The highest BCUT2D eigenvalue weighted by Crippen LogP contribution is 2.65. The lowest BCUT2D eigenvalue weighted by molar-refractivity contribution is 0.394. The lowest BCUT2D eigenvalue weighted by Gasteiger charge is -2.22. The normalized spacial score (nSPS) is 23.4. The minimum Gasteiger partial charge on any atom is -0.494 e. The molecule has 1 heterocycles. The van der Waals surface area contributed by atoms with Crippen molar-refractivity contribution in [1.82, 2.24) is 4.57 Å². The molecule has 2 aliphatic rings. The van der Waals surface area contributed by atoms with E-state index in [9.17, 15) is 10.2 Å². The number of aromatic nitrogens is 1. The summed E-state index contributed by atoms with van der Waals surface area (Å²) in [5.74, 6) is 1.07. The third-order valence-corrected chi connectivity index (χ3v) is 6.31. The first-order valence-electron chi connectivity index (χ1n) is 8.72. The molecule has 2 aliphatic carbocycles. The van der Waals surface area contributed by atoms with Crippen molar-refractivity contribution in [2.75, 3.05) is 0 Å². The van der Waals surface area contributed by atoms with Crippen LogP contribution < -0.4 is 0 Å². The van der Waals surface area contributed by atoms with Gasteiger partial charge in [-0.15, -0.1) is 0 Å². The fourth-order valence-electron chi connectivity index (χ4n) is 4.92. The zero-order valence-electron chi connectivity index (χ0n) is 13.9. The van der Waals surface area contributed by atoms with E-state index in [0.717, 1.165) is 24.0 Å². The van der Waals surface area contributed by atoms with Gasteiger partial charge in [0.25, 0.3) is 0 Å². The SMILES string of the molecule is Oc1c2c(c(O)n1-c1cc(Cl)cc(Cl)c1)[C@@H]1C[C@H]2C[C@@H]1c1ccccc1. The second-order valence-corrected chi connectivity index (χ2v) is 8.10. The second kappa shape index (κ2) is 5.70. The third-order valence-electron chi connectivity index (χ3n) is 5.87. The molecule has 2 N–H and O–H groups in total. The molecule has 0 saturated heterocycles. The van der Waals surface area contributed by atoms with Gasteiger partial charge in [-0.2, -0.15) is 0 Å². The summed E-state index contributed by atoms with van der Waals surface area (Å²) in [6, 6.07) is 15.4. The topological polar surface area (TPSA) is 45.4 Å². The molecule has 5 rings (SSSR count). The van der Waals surface area contributed by atoms with E-state index in [0.29, 0.717) is 21.7 Å². The molecule has 2 bridgehead atoms. The van der Waals surface area contributed by atoms with Crippen molar-refractivity contribution < 1.29 is 10.2 Å². The van der Waals surface area contributed by atoms with Gasteiger partial charge in [-0.1, -0.05) is 53.5 Å². The molecule has 1 saturated carbocycles. The average molecular weight is 386 g/mol. The molecule has 2 aromatic carbocycles. The van der Waals surface area contributed by atoms with Gasteiger partial charge in [0.1, 0.15) is 0 Å². The maximum Gasteiger partial charge on any atom is 0.202 e. The first kappa shape index (κ1) is 16.1. The number of benzene rings is 2. The molecule has 0 spiro atoms. The summed E-state index contributed by atoms with van der Waals surface area (Å²) in [6.45, 7) is 0. The third kappa shape index (κ3) is 2.20. The number of aromatic hydroxyl groups is 2. The molecule has 0 amide bonds. The van der Waals surface area contributed by atoms with Gasteiger partial charge in [0, 0.05) is 21.2 Å². The van der Waals surface area contributed by atoms with Gasteiger partial charge in [0.15, 0.2) is 0 Å². The van der Waals surface area contributed by atoms with Crippen LogP contribution >= 0.6 is 23.2 Å². The summed E-state index contributed by atoms with van der Waals surface area (Å²) in [7, 11) is 0. The van der Waals surface area contributed by atoms with Gasteiger partial charge in [0.2, 0.25) is 11.8 Å². The molecule has 3 aromatic rings. The molecule has 1 aromatic heterocycles. The van der Waals surface area contributed by atoms with Crippen LogP contribution in [0.4, 0.5) is 0 Å². The van der Waals surface area contributed by atoms with Gasteiger partial charge in [-0.25, -0.2) is 0 Å². The number of halogens is 2. The molecule has 3 nitrogen and oxygen atoms in total. The van der Waals surface area contributed by atoms with E-state index in [1.807, 2.05) is 6.07 Å². The molecule has 132 valence electrons. The number of nitrogens with zero attached hydrogens (tertiary/aromatic N) is 1. The molecular formula is C21H17Cl2NO2. The standard InChI is InChI=1S/C21H17Cl2NO2/c22-13-8-14(23)10-15(9-13)24-20(25)18-12-6-16(11-4-2-1-3-5-11)17(7-12)19(18)21(24)26/h1-5,8-10,12,16-17,25-26H,6-7H2/t12-,16-,17-/m1/s1. The van der Waals surface area contributed by atoms with Crippen molar-refractivity contribution in [2.45, 2.75) is 30.6 Å². The predicted molar refractivity (Wildman–Crippen MR) is 103 cm³/mol. The fraction of sp³-hybridized carbons (Fsp3) is 0.238. The Morgan fingerprint density at radius 3 is 2.12 bits per heavy atom. The smallest absolute Gasteiger partial charge is 0.202 e. The van der Waals surface area contributed by atoms with Crippen LogP contribution in [0.2, 0.25) is 10.0 Å². The largest absolute Gasteiger partial charge is 0.494 e. The van der Waals surface area contributed by atoms with Crippen LogP contribution in [0.5, 0.6) is 11.8 Å². The summed E-state index contributed by atoms with van der Waals surface area (Å²) in [5, 5.41) is 22.8. The van der Waals surface area contributed by atoms with Crippen molar-refractivity contribution in [3.8, 4) is 17.4 Å². The highest BCUT2D eigenvalue weighted by molar-refractivity contribution is 6.34. The Morgan fingerprint density at radius 1 is 0.808 bits per heavy atom. The van der Waals surface area contributed by atoms with Gasteiger partial charge < -0.3 is 10.2 Å². The van der Waals surface area contributed by atoms with E-state index in [2.05, 4.69) is 24.3 Å². The minimum atomic E-state index is 0.101. The maximum atomic E-state index is 11.0. The summed E-state index contributed by atoms with van der Waals surface area (Å²) in [5.41, 5.74) is 3.63. The Morgan fingerprint density at radius 2 is 1.42 bits per heavy atom. The summed E-state index contributed by atoms with van der Waals surface area (Å²) >= 11 is 12.2. The second-order valence-electron chi connectivity index (χ2n) is 7.23. The van der Waals surface area contributed by atoms with E-state index >= 15 is 0 Å². The monoisotopic (exact) mass is 385 g/mol. The van der Waals surface area contributed by atoms with Gasteiger partial charge in [0.05, 0.1) is 5.69 Å². The lowest BCUT2D eigenvalue weighted by atomic mass is 9.81. The van der Waals surface area contributed by atoms with Crippen molar-refractivity contribution in [3.63, 3.8) is 0 Å². The van der Waals surface area contributed by atoms with Crippen LogP contribution in [0.15, 0.2) is 48.5 Å². The maximum absolute atomic E-state index is 11.0. The molecule has 1 fully saturated rings. The molecule has 26 heavy (non-hydrogen) atoms. The van der Waals surface area contributed by atoms with E-state index in [-0.39, 0.29) is 23.6 Å². The molecule has 0 unspecified atom stereocenters. The highest BCUT2D eigenvalue weighted by atomic mass is 35.5. The van der Waals surface area contributed by atoms with Gasteiger partial charge in [-0.3, -0.25) is 4.57 Å². The van der Waals surface area contributed by atoms with Crippen molar-refractivity contribution in [3.05, 3.63) is 75.3 Å². The van der Waals surface area contributed by atoms with E-state index < -0.39 is 0 Å². The Hall–Kier alpha value is -2.10. The van der Waals surface area contributed by atoms with E-state index in [1.54, 1.807) is 18.2 Å². The highest BCUT2D eigenvalue weighted by Gasteiger charge is 2.49. The van der Waals surface area contributed by atoms with Crippen LogP contribution in [0.25, 0.3) is 5.69 Å². The predicted octanol–water partition coefficient (Wildman–Crippen LogP) is 5.95. The quantitative estimate of drug-likeness (QED) is 0.571. The first-order chi connectivity index (χ1) is 12.5. The summed E-state index contributed by atoms with van der Waals surface area (Å²) < 4.78 is 1.47. The minimum absolute atomic E-state index is 0.101. The Balaban J connectivity index is 1.64. The van der Waals surface area contributed by atoms with Gasteiger partial charge >= 0.3 is 0 Å². The van der Waals surface area contributed by atoms with Crippen LogP contribution in [0.1, 0.15) is 47.3 Å². The molecule has 0 radical (unpaired) electrons. The Labute approximate surface area is 161 Å². The fourth-order valence-corrected chi connectivity index (χ4v) is 5.44. The van der Waals surface area contributed by atoms with Crippen LogP contribution in [-0.4, -0.2) is 14.8 Å².